The normalized spacial score (nSPS) is 44.6. The molecular formula is C13H21NO2. The maximum atomic E-state index is 11.8. The van der Waals surface area contributed by atoms with Gasteiger partial charge in [-0.1, -0.05) is 33.6 Å². The van der Waals surface area contributed by atoms with Gasteiger partial charge in [-0.25, -0.2) is 0 Å². The van der Waals surface area contributed by atoms with Crippen molar-refractivity contribution in [2.75, 3.05) is 0 Å². The van der Waals surface area contributed by atoms with Gasteiger partial charge >= 0.3 is 0 Å². The van der Waals surface area contributed by atoms with E-state index in [4.69, 9.17) is 0 Å². The highest BCUT2D eigenvalue weighted by Crippen LogP contribution is 2.52. The van der Waals surface area contributed by atoms with Gasteiger partial charge in [0.05, 0.1) is 0 Å². The average molecular weight is 223 g/mol. The highest BCUT2D eigenvalue weighted by molar-refractivity contribution is 5.99. The van der Waals surface area contributed by atoms with Crippen LogP contribution in [0.3, 0.4) is 0 Å². The lowest BCUT2D eigenvalue weighted by Crippen LogP contribution is -2.55. The van der Waals surface area contributed by atoms with Crippen LogP contribution >= 0.6 is 0 Å². The van der Waals surface area contributed by atoms with Crippen LogP contribution in [0, 0.1) is 23.2 Å². The molecule has 16 heavy (non-hydrogen) atoms. The molecule has 0 radical (unpaired) electrons. The first-order chi connectivity index (χ1) is 7.47. The Morgan fingerprint density at radius 2 is 1.94 bits per heavy atom. The highest BCUT2D eigenvalue weighted by atomic mass is 16.2. The smallest absolute Gasteiger partial charge is 0.229 e. The first-order valence-corrected chi connectivity index (χ1v) is 6.31. The zero-order valence-corrected chi connectivity index (χ0v) is 10.4. The molecule has 3 nitrogen and oxygen atoms in total. The summed E-state index contributed by atoms with van der Waals surface area (Å²) in [4.78, 5) is 23.4. The van der Waals surface area contributed by atoms with E-state index in [1.807, 2.05) is 6.92 Å². The molecule has 2 amide bonds. The van der Waals surface area contributed by atoms with Crippen LogP contribution in [0.2, 0.25) is 0 Å². The Hall–Kier alpha value is -0.860. The van der Waals surface area contributed by atoms with Crippen LogP contribution in [0.5, 0.6) is 0 Å². The van der Waals surface area contributed by atoms with E-state index in [-0.39, 0.29) is 23.1 Å². The van der Waals surface area contributed by atoms with Crippen molar-refractivity contribution in [3.05, 3.63) is 0 Å². The minimum atomic E-state index is -0.0796. The van der Waals surface area contributed by atoms with Crippen LogP contribution in [-0.4, -0.2) is 11.8 Å². The van der Waals surface area contributed by atoms with Crippen molar-refractivity contribution in [1.82, 2.24) is 5.32 Å². The lowest BCUT2D eigenvalue weighted by molar-refractivity contribution is -0.149. The van der Waals surface area contributed by atoms with Crippen molar-refractivity contribution >= 4 is 11.8 Å². The summed E-state index contributed by atoms with van der Waals surface area (Å²) in [6, 6.07) is 0. The second-order valence-electron chi connectivity index (χ2n) is 5.70. The van der Waals surface area contributed by atoms with E-state index in [0.29, 0.717) is 18.3 Å². The van der Waals surface area contributed by atoms with Gasteiger partial charge in [-0.2, -0.15) is 0 Å². The van der Waals surface area contributed by atoms with Crippen molar-refractivity contribution < 1.29 is 9.59 Å². The van der Waals surface area contributed by atoms with Crippen LogP contribution < -0.4 is 5.32 Å². The minimum Gasteiger partial charge on any atom is -0.296 e. The fourth-order valence-corrected chi connectivity index (χ4v) is 3.66. The number of rotatable bonds is 0. The summed E-state index contributed by atoms with van der Waals surface area (Å²) in [6.07, 6.45) is 3.94. The average Bonchev–Trinajstić information content (AvgIpc) is 2.22. The first-order valence-electron chi connectivity index (χ1n) is 6.31. The van der Waals surface area contributed by atoms with Gasteiger partial charge in [-0.05, 0) is 23.7 Å². The molecule has 1 aliphatic heterocycles. The Bertz CT molecular complexity index is 326. The number of hydrogen-bond acceptors (Lipinski definition) is 2. The number of carbonyl (C=O) groups excluding carboxylic acids is 2. The van der Waals surface area contributed by atoms with Gasteiger partial charge in [0.15, 0.2) is 0 Å². The SMILES string of the molecule is CC1CCCC2(CC(=O)NC(=O)C2C)C1C. The summed E-state index contributed by atoms with van der Waals surface area (Å²) in [5.74, 6) is 0.908. The fraction of sp³-hybridized carbons (Fsp3) is 0.846. The molecule has 2 rings (SSSR count). The number of amides is 2. The molecular weight excluding hydrogens is 202 g/mol. The van der Waals surface area contributed by atoms with E-state index in [1.54, 1.807) is 0 Å². The molecule has 4 unspecified atom stereocenters. The number of piperidine rings is 1. The third kappa shape index (κ3) is 1.57. The Morgan fingerprint density at radius 1 is 1.25 bits per heavy atom. The molecule has 1 N–H and O–H groups in total. The zero-order chi connectivity index (χ0) is 11.9. The molecule has 90 valence electrons. The lowest BCUT2D eigenvalue weighted by Gasteiger charge is -2.50. The van der Waals surface area contributed by atoms with Crippen molar-refractivity contribution in [1.29, 1.82) is 0 Å². The van der Waals surface area contributed by atoms with Gasteiger partial charge in [0.25, 0.3) is 0 Å². The maximum Gasteiger partial charge on any atom is 0.229 e. The van der Waals surface area contributed by atoms with E-state index in [2.05, 4.69) is 19.2 Å². The third-order valence-electron chi connectivity index (χ3n) is 5.07. The molecule has 1 aliphatic carbocycles. The molecule has 0 aromatic rings. The maximum absolute atomic E-state index is 11.8. The second kappa shape index (κ2) is 3.86. The molecule has 1 saturated heterocycles. The van der Waals surface area contributed by atoms with Crippen LogP contribution in [0.4, 0.5) is 0 Å². The van der Waals surface area contributed by atoms with Gasteiger partial charge < -0.3 is 0 Å². The summed E-state index contributed by atoms with van der Waals surface area (Å²) >= 11 is 0. The van der Waals surface area contributed by atoms with E-state index in [9.17, 15) is 9.59 Å². The largest absolute Gasteiger partial charge is 0.296 e. The number of nitrogens with one attached hydrogen (secondary N) is 1. The van der Waals surface area contributed by atoms with Gasteiger partial charge in [0.1, 0.15) is 0 Å². The minimum absolute atomic E-state index is 0.0250. The van der Waals surface area contributed by atoms with Crippen molar-refractivity contribution in [2.24, 2.45) is 23.2 Å². The van der Waals surface area contributed by atoms with Crippen molar-refractivity contribution in [3.63, 3.8) is 0 Å². The molecule has 3 heteroatoms. The van der Waals surface area contributed by atoms with E-state index in [0.717, 1.165) is 12.8 Å². The highest BCUT2D eigenvalue weighted by Gasteiger charge is 2.51. The topological polar surface area (TPSA) is 46.2 Å². The van der Waals surface area contributed by atoms with Gasteiger partial charge in [-0.15, -0.1) is 0 Å². The lowest BCUT2D eigenvalue weighted by atomic mass is 9.55. The summed E-state index contributed by atoms with van der Waals surface area (Å²) in [5.41, 5.74) is -0.0723. The van der Waals surface area contributed by atoms with Gasteiger partial charge in [0.2, 0.25) is 11.8 Å². The monoisotopic (exact) mass is 223 g/mol. The Labute approximate surface area is 97.0 Å². The van der Waals surface area contributed by atoms with E-state index in [1.165, 1.54) is 6.42 Å². The summed E-state index contributed by atoms with van der Waals surface area (Å²) in [6.45, 7) is 6.44. The number of carbonyl (C=O) groups is 2. The molecule has 0 aromatic carbocycles. The Morgan fingerprint density at radius 3 is 2.62 bits per heavy atom. The van der Waals surface area contributed by atoms with Crippen LogP contribution in [0.1, 0.15) is 46.5 Å². The fourth-order valence-electron chi connectivity index (χ4n) is 3.66. The molecule has 1 spiro atoms. The Balaban J connectivity index is 2.33. The molecule has 4 atom stereocenters. The number of hydrogen-bond donors (Lipinski definition) is 1. The van der Waals surface area contributed by atoms with Crippen LogP contribution in [0.15, 0.2) is 0 Å². The van der Waals surface area contributed by atoms with Crippen molar-refractivity contribution in [3.8, 4) is 0 Å². The van der Waals surface area contributed by atoms with E-state index < -0.39 is 0 Å². The van der Waals surface area contributed by atoms with Gasteiger partial charge in [0, 0.05) is 12.3 Å². The molecule has 1 saturated carbocycles. The summed E-state index contributed by atoms with van der Waals surface area (Å²) in [5, 5.41) is 2.46. The predicted octanol–water partition coefficient (Wildman–Crippen LogP) is 2.11. The molecule has 2 aliphatic rings. The van der Waals surface area contributed by atoms with E-state index >= 15 is 0 Å². The number of imide groups is 1. The summed E-state index contributed by atoms with van der Waals surface area (Å²) in [7, 11) is 0. The van der Waals surface area contributed by atoms with Crippen molar-refractivity contribution in [2.45, 2.75) is 46.5 Å². The van der Waals surface area contributed by atoms with Crippen LogP contribution in [-0.2, 0) is 9.59 Å². The standard InChI is InChI=1S/C13H21NO2/c1-8-5-4-6-13(9(8)2)7-11(15)14-12(16)10(13)3/h8-10H,4-7H2,1-3H3,(H,14,15,16). The molecule has 0 bridgehead atoms. The Kier molecular flexibility index (Phi) is 2.81. The van der Waals surface area contributed by atoms with Crippen LogP contribution in [0.25, 0.3) is 0 Å². The zero-order valence-electron chi connectivity index (χ0n) is 10.4. The molecule has 0 aromatic heterocycles. The van der Waals surface area contributed by atoms with Gasteiger partial charge in [-0.3, -0.25) is 14.9 Å². The predicted molar refractivity (Wildman–Crippen MR) is 61.5 cm³/mol. The summed E-state index contributed by atoms with van der Waals surface area (Å²) < 4.78 is 0. The third-order valence-corrected chi connectivity index (χ3v) is 5.07. The molecule has 1 heterocycles. The first kappa shape index (κ1) is 11.6. The second-order valence-corrected chi connectivity index (χ2v) is 5.70. The quantitative estimate of drug-likeness (QED) is 0.639. The molecule has 2 fully saturated rings.